The molecule has 0 N–H and O–H groups in total. The first-order valence-corrected chi connectivity index (χ1v) is 13.9. The molecule has 0 fully saturated rings. The lowest BCUT2D eigenvalue weighted by atomic mass is 10.4. The second kappa shape index (κ2) is 6.47. The number of benzene rings is 1. The molecule has 0 saturated heterocycles. The van der Waals surface area contributed by atoms with Gasteiger partial charge in [-0.25, -0.2) is 0 Å². The van der Waals surface area contributed by atoms with Gasteiger partial charge in [0.2, 0.25) is 7.83 Å². The van der Waals surface area contributed by atoms with Crippen LogP contribution in [0.5, 0.6) is 0 Å². The first-order valence-electron chi connectivity index (χ1n) is 5.46. The van der Waals surface area contributed by atoms with E-state index in [0.29, 0.717) is 0 Å². The molecule has 0 amide bonds. The molecule has 0 spiro atoms. The van der Waals surface area contributed by atoms with Crippen LogP contribution in [0.2, 0.25) is 13.1 Å². The highest BCUT2D eigenvalue weighted by molar-refractivity contribution is 7.23. The van der Waals surface area contributed by atoms with E-state index in [9.17, 15) is 0 Å². The van der Waals surface area contributed by atoms with Crippen molar-refractivity contribution in [2.24, 2.45) is 0 Å². The summed E-state index contributed by atoms with van der Waals surface area (Å²) in [4.78, 5) is 0. The summed E-state index contributed by atoms with van der Waals surface area (Å²) in [5, 5.41) is 1.38. The second-order valence-corrected chi connectivity index (χ2v) is 17.4. The van der Waals surface area contributed by atoms with Crippen molar-refractivity contribution in [3.8, 4) is 0 Å². The van der Waals surface area contributed by atoms with Gasteiger partial charge >= 0.3 is 0 Å². The lowest BCUT2D eigenvalue weighted by molar-refractivity contribution is 0.602. The average molecular weight is 285 g/mol. The smallest absolute Gasteiger partial charge is 0.209 e. The van der Waals surface area contributed by atoms with Gasteiger partial charge in [0.15, 0.2) is 18.3 Å². The highest BCUT2D eigenvalue weighted by Gasteiger charge is 2.25. The minimum Gasteiger partial charge on any atom is -0.461 e. The van der Waals surface area contributed by atoms with Crippen molar-refractivity contribution in [2.45, 2.75) is 13.1 Å². The van der Waals surface area contributed by atoms with Gasteiger partial charge in [0.05, 0.1) is 0 Å². The Balaban J connectivity index is 2.53. The van der Waals surface area contributed by atoms with Crippen LogP contribution in [0.15, 0.2) is 42.6 Å². The Morgan fingerprint density at radius 2 is 2.06 bits per heavy atom. The number of hydrogen-bond donors (Lipinski definition) is 0. The van der Waals surface area contributed by atoms with Crippen molar-refractivity contribution in [3.05, 3.63) is 42.6 Å². The molecule has 0 aliphatic carbocycles. The predicted octanol–water partition coefficient (Wildman–Crippen LogP) is -0.558. The fourth-order valence-electron chi connectivity index (χ4n) is 1.31. The maximum absolute atomic E-state index is 6.14. The summed E-state index contributed by atoms with van der Waals surface area (Å²) in [7, 11) is -2.59. The van der Waals surface area contributed by atoms with Gasteiger partial charge in [-0.05, 0) is 18.3 Å². The topological polar surface area (TPSA) is 18.5 Å². The van der Waals surface area contributed by atoms with E-state index in [0.717, 1.165) is 10.5 Å². The minimum atomic E-state index is -1.62. The Kier molecular flexibility index (Phi) is 5.59. The van der Waals surface area contributed by atoms with E-state index in [1.54, 1.807) is 0 Å². The van der Waals surface area contributed by atoms with Crippen molar-refractivity contribution in [3.63, 3.8) is 0 Å². The molecule has 0 saturated carbocycles. The lowest BCUT2D eigenvalue weighted by Crippen LogP contribution is -2.45. The molecule has 0 bridgehead atoms. The van der Waals surface area contributed by atoms with E-state index >= 15 is 0 Å². The molecule has 0 radical (unpaired) electrons. The van der Waals surface area contributed by atoms with Crippen LogP contribution < -0.4 is 5.19 Å². The van der Waals surface area contributed by atoms with Crippen molar-refractivity contribution >= 4 is 41.8 Å². The van der Waals surface area contributed by atoms with Crippen LogP contribution in [-0.2, 0) is 8.23 Å². The van der Waals surface area contributed by atoms with Gasteiger partial charge < -0.3 is 8.23 Å². The highest BCUT2D eigenvalue weighted by atomic mass is 29.2. The van der Waals surface area contributed by atoms with E-state index in [1.807, 2.05) is 11.8 Å². The molecule has 2 unspecified atom stereocenters. The Labute approximate surface area is 106 Å². The van der Waals surface area contributed by atoms with Crippen LogP contribution in [0.4, 0.5) is 0 Å². The zero-order chi connectivity index (χ0) is 12.0. The Bertz CT molecular complexity index is 333. The normalized spacial score (nSPS) is 17.4. The molecular formula is C10H20O2Si4. The van der Waals surface area contributed by atoms with Crippen LogP contribution in [0, 0.1) is 0 Å². The summed E-state index contributed by atoms with van der Waals surface area (Å²) in [6.07, 6.45) is 0. The first kappa shape index (κ1) is 13.8. The van der Waals surface area contributed by atoms with Gasteiger partial charge in [-0.1, -0.05) is 36.0 Å². The number of hydrogen-bond acceptors (Lipinski definition) is 2. The van der Waals surface area contributed by atoms with E-state index < -0.39 is 26.2 Å². The van der Waals surface area contributed by atoms with Crippen LogP contribution in [-0.4, -0.2) is 36.6 Å². The monoisotopic (exact) mass is 284 g/mol. The largest absolute Gasteiger partial charge is 0.461 e. The molecule has 16 heavy (non-hydrogen) atoms. The third-order valence-electron chi connectivity index (χ3n) is 2.79. The van der Waals surface area contributed by atoms with Crippen molar-refractivity contribution in [1.82, 2.24) is 0 Å². The lowest BCUT2D eigenvalue weighted by Gasteiger charge is -2.23. The van der Waals surface area contributed by atoms with Gasteiger partial charge in [0.25, 0.3) is 0 Å². The molecule has 0 heterocycles. The average Bonchev–Trinajstić information content (AvgIpc) is 2.36. The third-order valence-corrected chi connectivity index (χ3v) is 18.6. The summed E-state index contributed by atoms with van der Waals surface area (Å²) in [5.74, 6) is 0. The molecule has 88 valence electrons. The van der Waals surface area contributed by atoms with Gasteiger partial charge in [-0.2, -0.15) is 0 Å². The molecule has 2 atom stereocenters. The Morgan fingerprint density at radius 3 is 2.56 bits per heavy atom. The van der Waals surface area contributed by atoms with Crippen molar-refractivity contribution < 1.29 is 8.23 Å². The van der Waals surface area contributed by atoms with E-state index in [2.05, 4.69) is 43.9 Å². The fraction of sp³-hybridized carbons (Fsp3) is 0.200. The standard InChI is InChI=1S/C10H20O2Si4/c1-4-16(3,11-13)14-12-15(2)10-8-6-5-7-9-10/h4-9,15H,1,14H2,2-3,13H3. The zero-order valence-corrected chi connectivity index (χ0v) is 15.8. The third kappa shape index (κ3) is 3.96. The molecule has 0 aliphatic rings. The molecule has 0 aliphatic heterocycles. The van der Waals surface area contributed by atoms with Crippen LogP contribution >= 0.6 is 0 Å². The summed E-state index contributed by atoms with van der Waals surface area (Å²) in [6.45, 7) is 8.34. The zero-order valence-electron chi connectivity index (χ0n) is 10.3. The Morgan fingerprint density at radius 1 is 1.44 bits per heavy atom. The molecule has 2 nitrogen and oxygen atoms in total. The minimum absolute atomic E-state index is 0.567. The van der Waals surface area contributed by atoms with Crippen molar-refractivity contribution in [2.75, 3.05) is 0 Å². The molecular weight excluding hydrogens is 264 g/mol. The molecule has 1 aromatic rings. The van der Waals surface area contributed by atoms with Crippen LogP contribution in [0.3, 0.4) is 0 Å². The van der Waals surface area contributed by atoms with Gasteiger partial charge in [0.1, 0.15) is 10.5 Å². The molecule has 6 heteroatoms. The second-order valence-electron chi connectivity index (χ2n) is 4.08. The fourth-order valence-corrected chi connectivity index (χ4v) is 13.1. The van der Waals surface area contributed by atoms with Crippen LogP contribution in [0.25, 0.3) is 0 Å². The molecule has 1 aromatic carbocycles. The summed E-state index contributed by atoms with van der Waals surface area (Å²) < 4.78 is 11.8. The van der Waals surface area contributed by atoms with Gasteiger partial charge in [-0.15, -0.1) is 6.58 Å². The quantitative estimate of drug-likeness (QED) is 0.652. The van der Waals surface area contributed by atoms with Gasteiger partial charge in [-0.3, -0.25) is 0 Å². The summed E-state index contributed by atoms with van der Waals surface area (Å²) >= 11 is 0. The van der Waals surface area contributed by atoms with Gasteiger partial charge in [0, 0.05) is 0 Å². The SMILES string of the molecule is C=C[Si](C)(O[SiH3])[SiH2]O[SiH](C)c1ccccc1. The van der Waals surface area contributed by atoms with E-state index in [1.165, 1.54) is 5.19 Å². The van der Waals surface area contributed by atoms with Crippen LogP contribution in [0.1, 0.15) is 0 Å². The summed E-state index contributed by atoms with van der Waals surface area (Å²) in [6, 6.07) is 10.5. The Hall–Kier alpha value is -0.252. The predicted molar refractivity (Wildman–Crippen MR) is 81.6 cm³/mol. The molecule has 1 rings (SSSR count). The molecule has 0 aromatic heterocycles. The van der Waals surface area contributed by atoms with E-state index in [4.69, 9.17) is 8.23 Å². The highest BCUT2D eigenvalue weighted by Crippen LogP contribution is 2.03. The van der Waals surface area contributed by atoms with E-state index in [-0.39, 0.29) is 0 Å². The summed E-state index contributed by atoms with van der Waals surface area (Å²) in [5.41, 5.74) is 2.03. The van der Waals surface area contributed by atoms with Crippen molar-refractivity contribution in [1.29, 1.82) is 0 Å². The maximum Gasteiger partial charge on any atom is 0.209 e. The first-order chi connectivity index (χ1) is 7.61. The maximum atomic E-state index is 6.14. The number of rotatable bonds is 6.